The Bertz CT molecular complexity index is 528. The summed E-state index contributed by atoms with van der Waals surface area (Å²) in [6.07, 6.45) is 0.806. The van der Waals surface area contributed by atoms with Gasteiger partial charge in [0.2, 0.25) is 0 Å². The number of hydrogen-bond acceptors (Lipinski definition) is 5. The molecule has 0 amide bonds. The highest BCUT2D eigenvalue weighted by Gasteiger charge is 2.09. The summed E-state index contributed by atoms with van der Waals surface area (Å²) in [6, 6.07) is 4.95. The molecule has 0 aliphatic carbocycles. The van der Waals surface area contributed by atoms with Crippen molar-refractivity contribution in [1.29, 1.82) is 0 Å². The predicted molar refractivity (Wildman–Crippen MR) is 69.0 cm³/mol. The average molecular weight is 264 g/mol. The molecule has 18 heavy (non-hydrogen) atoms. The first-order chi connectivity index (χ1) is 8.66. The molecule has 0 bridgehead atoms. The molecule has 0 aliphatic heterocycles. The molecular weight excluding hydrogens is 252 g/mol. The minimum atomic E-state index is -1.07. The predicted octanol–water partition coefficient (Wildman–Crippen LogP) is 1.99. The third-order valence-corrected chi connectivity index (χ3v) is 3.11. The number of aromatic carboxylic acids is 1. The van der Waals surface area contributed by atoms with Gasteiger partial charge in [-0.15, -0.1) is 0 Å². The summed E-state index contributed by atoms with van der Waals surface area (Å²) in [5.74, 6) is -1.07. The van der Waals surface area contributed by atoms with Crippen molar-refractivity contribution in [2.24, 2.45) is 0 Å². The van der Waals surface area contributed by atoms with Crippen molar-refractivity contribution in [2.45, 2.75) is 6.10 Å². The number of carboxylic acids is 1. The lowest BCUT2D eigenvalue weighted by Crippen LogP contribution is -2.12. The second kappa shape index (κ2) is 5.61. The van der Waals surface area contributed by atoms with E-state index in [1.807, 2.05) is 16.8 Å². The summed E-state index contributed by atoms with van der Waals surface area (Å²) < 4.78 is 0. The number of pyridine rings is 1. The van der Waals surface area contributed by atoms with Crippen LogP contribution in [0.2, 0.25) is 0 Å². The standard InChI is InChI=1S/C12H12N2O3S/c15-11(8-2-4-18-7-8)6-14-9-1-3-13-10(5-9)12(16)17/h1-5,7,11,15H,6H2,(H,13,14)(H,16,17). The maximum Gasteiger partial charge on any atom is 0.354 e. The zero-order valence-electron chi connectivity index (χ0n) is 9.41. The van der Waals surface area contributed by atoms with Gasteiger partial charge in [0.05, 0.1) is 6.10 Å². The highest BCUT2D eigenvalue weighted by molar-refractivity contribution is 7.07. The van der Waals surface area contributed by atoms with Crippen LogP contribution in [0.4, 0.5) is 5.69 Å². The molecule has 0 aliphatic rings. The van der Waals surface area contributed by atoms with Gasteiger partial charge in [-0.3, -0.25) is 0 Å². The van der Waals surface area contributed by atoms with Crippen LogP contribution in [0.1, 0.15) is 22.2 Å². The number of aromatic nitrogens is 1. The molecule has 0 saturated heterocycles. The Labute approximate surface area is 108 Å². The van der Waals surface area contributed by atoms with Crippen LogP contribution >= 0.6 is 11.3 Å². The molecule has 0 spiro atoms. The van der Waals surface area contributed by atoms with Gasteiger partial charge in [-0.05, 0) is 34.5 Å². The van der Waals surface area contributed by atoms with E-state index in [1.165, 1.54) is 23.6 Å². The smallest absolute Gasteiger partial charge is 0.354 e. The summed E-state index contributed by atoms with van der Waals surface area (Å²) in [7, 11) is 0. The van der Waals surface area contributed by atoms with Crippen LogP contribution in [0.3, 0.4) is 0 Å². The molecule has 1 atom stereocenters. The molecule has 0 saturated carbocycles. The van der Waals surface area contributed by atoms with Gasteiger partial charge < -0.3 is 15.5 Å². The molecule has 3 N–H and O–H groups in total. The summed E-state index contributed by atoms with van der Waals surface area (Å²) in [4.78, 5) is 14.5. The number of carboxylic acid groups (broad SMARTS) is 1. The van der Waals surface area contributed by atoms with Crippen LogP contribution in [0.15, 0.2) is 35.2 Å². The van der Waals surface area contributed by atoms with Gasteiger partial charge >= 0.3 is 5.97 Å². The Morgan fingerprint density at radius 1 is 1.50 bits per heavy atom. The lowest BCUT2D eigenvalue weighted by atomic mass is 10.2. The normalized spacial score (nSPS) is 12.1. The van der Waals surface area contributed by atoms with E-state index >= 15 is 0 Å². The number of nitrogens with zero attached hydrogens (tertiary/aromatic N) is 1. The fourth-order valence-electron chi connectivity index (χ4n) is 1.45. The van der Waals surface area contributed by atoms with E-state index in [4.69, 9.17) is 5.11 Å². The molecule has 2 rings (SSSR count). The lowest BCUT2D eigenvalue weighted by molar-refractivity contribution is 0.0690. The maximum absolute atomic E-state index is 10.7. The summed E-state index contributed by atoms with van der Waals surface area (Å²) in [5, 5.41) is 25.4. The highest BCUT2D eigenvalue weighted by Crippen LogP contribution is 2.17. The molecule has 5 nitrogen and oxygen atoms in total. The number of hydrogen-bond donors (Lipinski definition) is 3. The Morgan fingerprint density at radius 3 is 3.00 bits per heavy atom. The minimum Gasteiger partial charge on any atom is -0.477 e. The van der Waals surface area contributed by atoms with Crippen LogP contribution in [0.5, 0.6) is 0 Å². The van der Waals surface area contributed by atoms with Gasteiger partial charge in [0, 0.05) is 18.4 Å². The summed E-state index contributed by atoms with van der Waals surface area (Å²) >= 11 is 1.52. The fraction of sp³-hybridized carbons (Fsp3) is 0.167. The van der Waals surface area contributed by atoms with Crippen molar-refractivity contribution < 1.29 is 15.0 Å². The van der Waals surface area contributed by atoms with Crippen molar-refractivity contribution in [3.05, 3.63) is 46.4 Å². The number of aliphatic hydroxyl groups is 1. The third kappa shape index (κ3) is 3.06. The van der Waals surface area contributed by atoms with Gasteiger partial charge in [0.1, 0.15) is 5.69 Å². The fourth-order valence-corrected chi connectivity index (χ4v) is 2.16. The Balaban J connectivity index is 1.98. The van der Waals surface area contributed by atoms with E-state index in [0.717, 1.165) is 5.56 Å². The van der Waals surface area contributed by atoms with E-state index in [9.17, 15) is 9.90 Å². The quantitative estimate of drug-likeness (QED) is 0.769. The molecular formula is C12H12N2O3S. The molecule has 0 fully saturated rings. The van der Waals surface area contributed by atoms with Crippen molar-refractivity contribution in [2.75, 3.05) is 11.9 Å². The number of rotatable bonds is 5. The zero-order chi connectivity index (χ0) is 13.0. The second-order valence-corrected chi connectivity index (χ2v) is 4.47. The number of aliphatic hydroxyl groups excluding tert-OH is 1. The van der Waals surface area contributed by atoms with Crippen molar-refractivity contribution in [1.82, 2.24) is 4.98 Å². The number of nitrogens with one attached hydrogen (secondary N) is 1. The van der Waals surface area contributed by atoms with Crippen molar-refractivity contribution >= 4 is 23.0 Å². The average Bonchev–Trinajstić information content (AvgIpc) is 2.90. The molecule has 2 aromatic rings. The first-order valence-electron chi connectivity index (χ1n) is 5.30. The van der Waals surface area contributed by atoms with Crippen LogP contribution < -0.4 is 5.32 Å². The Hall–Kier alpha value is -1.92. The number of anilines is 1. The van der Waals surface area contributed by atoms with Gasteiger partial charge in [0.25, 0.3) is 0 Å². The summed E-state index contributed by atoms with van der Waals surface area (Å²) in [5.41, 5.74) is 1.45. The van der Waals surface area contributed by atoms with Crippen LogP contribution in [0, 0.1) is 0 Å². The lowest BCUT2D eigenvalue weighted by Gasteiger charge is -2.11. The Morgan fingerprint density at radius 2 is 2.33 bits per heavy atom. The molecule has 1 unspecified atom stereocenters. The second-order valence-electron chi connectivity index (χ2n) is 3.69. The topological polar surface area (TPSA) is 82.5 Å². The van der Waals surface area contributed by atoms with E-state index in [-0.39, 0.29) is 5.69 Å². The highest BCUT2D eigenvalue weighted by atomic mass is 32.1. The molecule has 94 valence electrons. The van der Waals surface area contributed by atoms with Gasteiger partial charge in [0.15, 0.2) is 0 Å². The maximum atomic E-state index is 10.7. The first-order valence-corrected chi connectivity index (χ1v) is 6.24. The van der Waals surface area contributed by atoms with E-state index in [2.05, 4.69) is 10.3 Å². The Kier molecular flexibility index (Phi) is 3.91. The molecule has 2 aromatic heterocycles. The molecule has 0 radical (unpaired) electrons. The monoisotopic (exact) mass is 264 g/mol. The zero-order valence-corrected chi connectivity index (χ0v) is 10.2. The largest absolute Gasteiger partial charge is 0.477 e. The van der Waals surface area contributed by atoms with Crippen molar-refractivity contribution in [3.8, 4) is 0 Å². The van der Waals surface area contributed by atoms with Gasteiger partial charge in [-0.25, -0.2) is 9.78 Å². The molecule has 2 heterocycles. The van der Waals surface area contributed by atoms with Crippen LogP contribution in [-0.4, -0.2) is 27.7 Å². The molecule has 6 heteroatoms. The van der Waals surface area contributed by atoms with E-state index in [1.54, 1.807) is 6.07 Å². The minimum absolute atomic E-state index is 0.0231. The van der Waals surface area contributed by atoms with E-state index < -0.39 is 12.1 Å². The van der Waals surface area contributed by atoms with Crippen LogP contribution in [0.25, 0.3) is 0 Å². The molecule has 0 aromatic carbocycles. The van der Waals surface area contributed by atoms with Crippen molar-refractivity contribution in [3.63, 3.8) is 0 Å². The first kappa shape index (κ1) is 12.5. The van der Waals surface area contributed by atoms with E-state index in [0.29, 0.717) is 12.2 Å². The third-order valence-electron chi connectivity index (χ3n) is 2.41. The summed E-state index contributed by atoms with van der Waals surface area (Å²) in [6.45, 7) is 0.319. The van der Waals surface area contributed by atoms with Gasteiger partial charge in [-0.1, -0.05) is 0 Å². The van der Waals surface area contributed by atoms with Crippen LogP contribution in [-0.2, 0) is 0 Å². The number of carbonyl (C=O) groups is 1. The number of thiophene rings is 1. The van der Waals surface area contributed by atoms with Gasteiger partial charge in [-0.2, -0.15) is 11.3 Å². The SMILES string of the molecule is O=C(O)c1cc(NCC(O)c2ccsc2)ccn1.